The van der Waals surface area contributed by atoms with Crippen molar-refractivity contribution in [3.63, 3.8) is 0 Å². The number of rotatable bonds is 7. The van der Waals surface area contributed by atoms with Crippen LogP contribution >= 0.6 is 0 Å². The lowest BCUT2D eigenvalue weighted by Crippen LogP contribution is -2.59. The SMILES string of the molecule is CO[C@]1(C)C[C@@H](C)CN(C)[C@H](C2CN(Cc3cncnc3)C2)COC(=O)C(C)(C)C(=O)[C@H](C)[C@H]1O[C@@H]1O[C@H](C)C[C@H](N(C)C)[C@H]1O. The Hall–Kier alpha value is -2.06. The third kappa shape index (κ3) is 8.14. The number of aliphatic hydroxyl groups is 1. The summed E-state index contributed by atoms with van der Waals surface area (Å²) in [6, 6.07) is -0.197. The number of carbonyl (C=O) groups excluding carboxylic acids is 2. The summed E-state index contributed by atoms with van der Waals surface area (Å²) in [5.74, 6) is -1.19. The van der Waals surface area contributed by atoms with Crippen LogP contribution in [0.2, 0.25) is 0 Å². The average molecular weight is 648 g/mol. The van der Waals surface area contributed by atoms with E-state index < -0.39 is 41.4 Å². The fraction of sp³-hybridized carbons (Fsp3) is 0.824. The van der Waals surface area contributed by atoms with Crippen molar-refractivity contribution in [1.29, 1.82) is 0 Å². The van der Waals surface area contributed by atoms with Crippen molar-refractivity contribution in [2.24, 2.45) is 23.2 Å². The number of nitrogens with zero attached hydrogens (tertiary/aromatic N) is 5. The van der Waals surface area contributed by atoms with Crippen LogP contribution in [0.3, 0.4) is 0 Å². The molecule has 9 atom stereocenters. The zero-order chi connectivity index (χ0) is 34.0. The fourth-order valence-electron chi connectivity index (χ4n) is 7.71. The van der Waals surface area contributed by atoms with E-state index in [2.05, 4.69) is 33.7 Å². The van der Waals surface area contributed by atoms with Gasteiger partial charge in [-0.25, -0.2) is 9.97 Å². The molecule has 1 aromatic heterocycles. The maximum atomic E-state index is 14.2. The van der Waals surface area contributed by atoms with Crippen LogP contribution in [-0.2, 0) is 35.1 Å². The number of likely N-dealkylation sites (tertiary alicyclic amines) is 1. The van der Waals surface area contributed by atoms with E-state index in [1.54, 1.807) is 27.9 Å². The molecule has 0 unspecified atom stereocenters. The summed E-state index contributed by atoms with van der Waals surface area (Å²) in [5, 5.41) is 11.3. The Balaban J connectivity index is 1.59. The molecule has 1 N–H and O–H groups in total. The molecule has 0 saturated carbocycles. The number of hydrogen-bond acceptors (Lipinski definition) is 12. The Morgan fingerprint density at radius 2 is 1.74 bits per heavy atom. The van der Waals surface area contributed by atoms with Gasteiger partial charge in [-0.05, 0) is 67.6 Å². The third-order valence-electron chi connectivity index (χ3n) is 10.5. The minimum atomic E-state index is -1.43. The van der Waals surface area contributed by atoms with Crippen LogP contribution in [0.1, 0.15) is 59.9 Å². The number of cyclic esters (lactones) is 1. The highest BCUT2D eigenvalue weighted by atomic mass is 16.7. The van der Waals surface area contributed by atoms with E-state index >= 15 is 0 Å². The Kier molecular flexibility index (Phi) is 12.0. The number of Topliss-reactive ketones (excluding diaryl/α,β-unsaturated/α-hetero) is 1. The van der Waals surface area contributed by atoms with E-state index in [4.69, 9.17) is 18.9 Å². The molecule has 12 heteroatoms. The van der Waals surface area contributed by atoms with Gasteiger partial charge < -0.3 is 29.0 Å². The van der Waals surface area contributed by atoms with Gasteiger partial charge in [-0.2, -0.15) is 0 Å². The summed E-state index contributed by atoms with van der Waals surface area (Å²) in [7, 11) is 7.56. The standard InChI is InChI=1S/C34H57N5O7/c1-21-12-34(6,43-10)30(46-31-28(40)26(37(7)8)11-22(2)45-31)23(3)29(41)33(4,5)32(42)44-19-27(38(9)15-21)25-17-39(18-25)16-24-13-35-20-36-14-24/h13-14,20-23,25-28,30-31,40H,11-12,15-19H2,1-10H3/t21-,22-,23+,26+,27+,28-,30-,31+,34-/m1/s1. The molecule has 3 fully saturated rings. The monoisotopic (exact) mass is 647 g/mol. The quantitative estimate of drug-likeness (QED) is 0.345. The zero-order valence-corrected chi connectivity index (χ0v) is 29.5. The highest BCUT2D eigenvalue weighted by molar-refractivity contribution is 6.04. The first-order valence-corrected chi connectivity index (χ1v) is 16.7. The number of esters is 1. The van der Waals surface area contributed by atoms with Crippen LogP contribution in [0.15, 0.2) is 18.7 Å². The molecule has 0 bridgehead atoms. The first-order valence-electron chi connectivity index (χ1n) is 16.7. The number of aliphatic hydroxyl groups excluding tert-OH is 1. The third-order valence-corrected chi connectivity index (χ3v) is 10.5. The molecule has 3 aliphatic heterocycles. The number of likely N-dealkylation sites (N-methyl/N-ethyl adjacent to an activating group) is 2. The second-order valence-corrected chi connectivity index (χ2v) is 15.0. The van der Waals surface area contributed by atoms with Crippen LogP contribution in [0.5, 0.6) is 0 Å². The Bertz CT molecular complexity index is 1170. The Morgan fingerprint density at radius 1 is 1.09 bits per heavy atom. The van der Waals surface area contributed by atoms with Gasteiger partial charge in [0.2, 0.25) is 0 Å². The smallest absolute Gasteiger partial charge is 0.319 e. The van der Waals surface area contributed by atoms with Crippen LogP contribution in [0.4, 0.5) is 0 Å². The molecule has 3 saturated heterocycles. The molecule has 0 aliphatic carbocycles. The van der Waals surface area contributed by atoms with E-state index in [0.717, 1.165) is 31.7 Å². The number of ketones is 1. The van der Waals surface area contributed by atoms with Crippen LogP contribution < -0.4 is 0 Å². The predicted octanol–water partition coefficient (Wildman–Crippen LogP) is 2.24. The van der Waals surface area contributed by atoms with E-state index in [1.807, 2.05) is 45.2 Å². The van der Waals surface area contributed by atoms with Crippen molar-refractivity contribution in [3.8, 4) is 0 Å². The molecular weight excluding hydrogens is 590 g/mol. The van der Waals surface area contributed by atoms with E-state index in [-0.39, 0.29) is 36.5 Å². The highest BCUT2D eigenvalue weighted by Gasteiger charge is 2.52. The highest BCUT2D eigenvalue weighted by Crippen LogP contribution is 2.38. The van der Waals surface area contributed by atoms with Gasteiger partial charge in [-0.3, -0.25) is 19.4 Å². The Labute approximate surface area is 275 Å². The molecule has 3 aliphatic rings. The van der Waals surface area contributed by atoms with Crippen LogP contribution in [0.25, 0.3) is 0 Å². The average Bonchev–Trinajstić information content (AvgIpc) is 2.98. The molecule has 0 radical (unpaired) electrons. The van der Waals surface area contributed by atoms with Crippen LogP contribution in [-0.4, -0.2) is 138 Å². The molecule has 0 amide bonds. The molecule has 12 nitrogen and oxygen atoms in total. The van der Waals surface area contributed by atoms with Crippen molar-refractivity contribution < 1.29 is 33.6 Å². The first-order chi connectivity index (χ1) is 21.6. The summed E-state index contributed by atoms with van der Waals surface area (Å²) >= 11 is 0. The van der Waals surface area contributed by atoms with Crippen molar-refractivity contribution in [2.45, 2.75) is 103 Å². The normalized spacial score (nSPS) is 37.6. The van der Waals surface area contributed by atoms with Crippen molar-refractivity contribution in [1.82, 2.24) is 24.7 Å². The van der Waals surface area contributed by atoms with E-state index in [0.29, 0.717) is 18.8 Å². The maximum Gasteiger partial charge on any atom is 0.319 e. The lowest BCUT2D eigenvalue weighted by molar-refractivity contribution is -0.295. The van der Waals surface area contributed by atoms with Gasteiger partial charge in [-0.15, -0.1) is 0 Å². The fourth-order valence-corrected chi connectivity index (χ4v) is 7.71. The number of hydrogen-bond donors (Lipinski definition) is 1. The van der Waals surface area contributed by atoms with Gasteiger partial charge in [0.1, 0.15) is 24.5 Å². The number of methoxy groups -OCH3 is 1. The minimum absolute atomic E-state index is 0.0187. The second kappa shape index (κ2) is 15.0. The first kappa shape index (κ1) is 36.8. The number of ether oxygens (including phenoxy) is 4. The summed E-state index contributed by atoms with van der Waals surface area (Å²) in [4.78, 5) is 42.7. The zero-order valence-electron chi connectivity index (χ0n) is 29.5. The van der Waals surface area contributed by atoms with E-state index in [9.17, 15) is 14.7 Å². The molecule has 260 valence electrons. The molecule has 1 aromatic rings. The largest absolute Gasteiger partial charge is 0.463 e. The molecule has 0 spiro atoms. The van der Waals surface area contributed by atoms with Gasteiger partial charge in [-0.1, -0.05) is 13.8 Å². The molecule has 4 rings (SSSR count). The van der Waals surface area contributed by atoms with Gasteiger partial charge in [0.25, 0.3) is 0 Å². The molecule has 4 heterocycles. The van der Waals surface area contributed by atoms with Crippen molar-refractivity contribution >= 4 is 11.8 Å². The minimum Gasteiger partial charge on any atom is -0.463 e. The number of carbonyl (C=O) groups is 2. The maximum absolute atomic E-state index is 14.2. The van der Waals surface area contributed by atoms with Gasteiger partial charge in [0.15, 0.2) is 12.1 Å². The summed E-state index contributed by atoms with van der Waals surface area (Å²) in [6.45, 7) is 14.5. The lowest BCUT2D eigenvalue weighted by atomic mass is 9.74. The Morgan fingerprint density at radius 3 is 2.35 bits per heavy atom. The lowest BCUT2D eigenvalue weighted by Gasteiger charge is -2.47. The summed E-state index contributed by atoms with van der Waals surface area (Å²) in [5.41, 5.74) is -1.29. The van der Waals surface area contributed by atoms with Gasteiger partial charge in [0, 0.05) is 75.2 Å². The molecular formula is C34H57N5O7. The van der Waals surface area contributed by atoms with Crippen molar-refractivity contribution in [2.75, 3.05) is 54.5 Å². The van der Waals surface area contributed by atoms with Crippen molar-refractivity contribution in [3.05, 3.63) is 24.3 Å². The summed E-state index contributed by atoms with van der Waals surface area (Å²) in [6.07, 6.45) is 3.56. The van der Waals surface area contributed by atoms with Gasteiger partial charge in [0.05, 0.1) is 17.8 Å². The number of aromatic nitrogens is 2. The topological polar surface area (TPSA) is 127 Å². The predicted molar refractivity (Wildman–Crippen MR) is 173 cm³/mol. The second-order valence-electron chi connectivity index (χ2n) is 15.0. The van der Waals surface area contributed by atoms with Crippen LogP contribution in [0, 0.1) is 23.2 Å². The van der Waals surface area contributed by atoms with E-state index in [1.165, 1.54) is 6.33 Å². The molecule has 0 aromatic carbocycles. The van der Waals surface area contributed by atoms with Gasteiger partial charge >= 0.3 is 5.97 Å². The summed E-state index contributed by atoms with van der Waals surface area (Å²) < 4.78 is 25.0. The molecule has 46 heavy (non-hydrogen) atoms.